The number of hydrogen-bond acceptors (Lipinski definition) is 1. The molecule has 0 amide bonds. The Labute approximate surface area is 112 Å². The van der Waals surface area contributed by atoms with Crippen LogP contribution < -0.4 is 0 Å². The monoisotopic (exact) mass is 256 g/mol. The van der Waals surface area contributed by atoms with Crippen LogP contribution in [-0.4, -0.2) is 5.11 Å². The lowest BCUT2D eigenvalue weighted by molar-refractivity contribution is 0.219. The summed E-state index contributed by atoms with van der Waals surface area (Å²) in [5.74, 6) is 0.360. The first-order valence-electron chi connectivity index (χ1n) is 6.70. The van der Waals surface area contributed by atoms with E-state index in [2.05, 4.69) is 6.07 Å². The molecule has 1 N–H and O–H groups in total. The number of hydrogen-bond donors (Lipinski definition) is 1. The highest BCUT2D eigenvalue weighted by atomic mass is 19.1. The van der Waals surface area contributed by atoms with Gasteiger partial charge in [-0.05, 0) is 54.0 Å². The lowest BCUT2D eigenvalue weighted by atomic mass is 9.94. The van der Waals surface area contributed by atoms with Gasteiger partial charge >= 0.3 is 0 Å². The molecule has 98 valence electrons. The van der Waals surface area contributed by atoms with Crippen LogP contribution in [0.1, 0.15) is 47.1 Å². The summed E-state index contributed by atoms with van der Waals surface area (Å²) in [6.45, 7) is 1.72. The first kappa shape index (κ1) is 12.4. The Morgan fingerprint density at radius 3 is 2.58 bits per heavy atom. The van der Waals surface area contributed by atoms with Gasteiger partial charge in [0.2, 0.25) is 0 Å². The molecule has 1 saturated carbocycles. The molecule has 0 aliphatic heterocycles. The zero-order valence-corrected chi connectivity index (χ0v) is 10.9. The fourth-order valence-corrected chi connectivity index (χ4v) is 2.54. The van der Waals surface area contributed by atoms with Crippen molar-refractivity contribution in [2.75, 3.05) is 0 Å². The summed E-state index contributed by atoms with van der Waals surface area (Å²) in [5, 5.41) is 10.5. The lowest BCUT2D eigenvalue weighted by Crippen LogP contribution is -2.04. The van der Waals surface area contributed by atoms with Gasteiger partial charge in [0.05, 0.1) is 0 Å². The van der Waals surface area contributed by atoms with Gasteiger partial charge in [-0.25, -0.2) is 4.39 Å². The maximum absolute atomic E-state index is 13.3. The molecule has 3 rings (SSSR count). The normalized spacial score (nSPS) is 16.4. The summed E-state index contributed by atoms with van der Waals surface area (Å²) >= 11 is 0. The van der Waals surface area contributed by atoms with Crippen LogP contribution in [0, 0.1) is 12.7 Å². The van der Waals surface area contributed by atoms with Crippen LogP contribution in [0.25, 0.3) is 0 Å². The molecule has 2 aromatic carbocycles. The van der Waals surface area contributed by atoms with Gasteiger partial charge in [-0.3, -0.25) is 0 Å². The number of halogens is 1. The molecule has 0 radical (unpaired) electrons. The Morgan fingerprint density at radius 2 is 1.89 bits per heavy atom. The van der Waals surface area contributed by atoms with Crippen molar-refractivity contribution in [3.8, 4) is 0 Å². The Bertz CT molecular complexity index is 602. The van der Waals surface area contributed by atoms with Crippen molar-refractivity contribution in [3.63, 3.8) is 0 Å². The van der Waals surface area contributed by atoms with E-state index in [1.807, 2.05) is 18.2 Å². The largest absolute Gasteiger partial charge is 0.384 e. The lowest BCUT2D eigenvalue weighted by Gasteiger charge is -2.16. The average Bonchev–Trinajstić information content (AvgIpc) is 3.25. The molecule has 0 bridgehead atoms. The molecule has 1 nitrogen and oxygen atoms in total. The Balaban J connectivity index is 1.99. The molecule has 1 aliphatic rings. The van der Waals surface area contributed by atoms with E-state index in [0.29, 0.717) is 11.5 Å². The van der Waals surface area contributed by atoms with Gasteiger partial charge < -0.3 is 5.11 Å². The zero-order chi connectivity index (χ0) is 13.4. The van der Waals surface area contributed by atoms with Gasteiger partial charge in [0.1, 0.15) is 11.9 Å². The van der Waals surface area contributed by atoms with Gasteiger partial charge in [-0.1, -0.05) is 36.4 Å². The minimum atomic E-state index is -0.670. The Morgan fingerprint density at radius 1 is 1.16 bits per heavy atom. The molecule has 1 unspecified atom stereocenters. The van der Waals surface area contributed by atoms with Crippen molar-refractivity contribution in [3.05, 3.63) is 70.5 Å². The second-order valence-electron chi connectivity index (χ2n) is 5.31. The van der Waals surface area contributed by atoms with Gasteiger partial charge in [0.15, 0.2) is 0 Å². The predicted molar refractivity (Wildman–Crippen MR) is 73.6 cm³/mol. The van der Waals surface area contributed by atoms with Crippen LogP contribution in [0.4, 0.5) is 4.39 Å². The van der Waals surface area contributed by atoms with E-state index in [1.165, 1.54) is 24.5 Å². The van der Waals surface area contributed by atoms with Gasteiger partial charge in [0, 0.05) is 0 Å². The fourth-order valence-electron chi connectivity index (χ4n) is 2.54. The molecular formula is C17H17FO. The van der Waals surface area contributed by atoms with Crippen LogP contribution in [0.15, 0.2) is 42.5 Å². The number of aliphatic hydroxyl groups is 1. The molecule has 0 aromatic heterocycles. The van der Waals surface area contributed by atoms with Crippen molar-refractivity contribution < 1.29 is 9.50 Å². The molecule has 2 aromatic rings. The van der Waals surface area contributed by atoms with Gasteiger partial charge in [0.25, 0.3) is 0 Å². The van der Waals surface area contributed by atoms with Crippen molar-refractivity contribution >= 4 is 0 Å². The minimum absolute atomic E-state index is 0.230. The summed E-state index contributed by atoms with van der Waals surface area (Å²) in [4.78, 5) is 0. The Hall–Kier alpha value is -1.67. The van der Waals surface area contributed by atoms with E-state index >= 15 is 0 Å². The van der Waals surface area contributed by atoms with E-state index in [9.17, 15) is 9.50 Å². The van der Waals surface area contributed by atoms with Crippen molar-refractivity contribution in [2.24, 2.45) is 0 Å². The molecular weight excluding hydrogens is 239 g/mol. The third-order valence-corrected chi connectivity index (χ3v) is 3.81. The molecule has 1 atom stereocenters. The second kappa shape index (κ2) is 4.78. The fraction of sp³-hybridized carbons (Fsp3) is 0.294. The highest BCUT2D eigenvalue weighted by molar-refractivity contribution is 5.40. The standard InChI is InChI=1S/C17H17FO/c1-11-10-13(8-9-16(11)18)17(19)15-5-3-2-4-14(15)12-6-7-12/h2-5,8-10,12,17,19H,6-7H2,1H3. The first-order valence-corrected chi connectivity index (χ1v) is 6.70. The quantitative estimate of drug-likeness (QED) is 0.876. The Kier molecular flexibility index (Phi) is 3.11. The minimum Gasteiger partial charge on any atom is -0.384 e. The summed E-state index contributed by atoms with van der Waals surface area (Å²) in [6.07, 6.45) is 1.73. The van der Waals surface area contributed by atoms with Crippen LogP contribution in [0.3, 0.4) is 0 Å². The summed E-state index contributed by atoms with van der Waals surface area (Å²) < 4.78 is 13.3. The third kappa shape index (κ3) is 2.41. The molecule has 0 spiro atoms. The molecule has 0 heterocycles. The first-order chi connectivity index (χ1) is 9.16. The van der Waals surface area contributed by atoms with Crippen LogP contribution in [0.5, 0.6) is 0 Å². The number of benzene rings is 2. The highest BCUT2D eigenvalue weighted by Gasteiger charge is 2.28. The van der Waals surface area contributed by atoms with E-state index in [0.717, 1.165) is 11.1 Å². The van der Waals surface area contributed by atoms with E-state index in [1.54, 1.807) is 19.1 Å². The molecule has 1 fully saturated rings. The molecule has 19 heavy (non-hydrogen) atoms. The van der Waals surface area contributed by atoms with Crippen LogP contribution in [0.2, 0.25) is 0 Å². The molecule has 2 heteroatoms. The summed E-state index contributed by atoms with van der Waals surface area (Å²) in [7, 11) is 0. The second-order valence-corrected chi connectivity index (χ2v) is 5.31. The van der Waals surface area contributed by atoms with E-state index in [4.69, 9.17) is 0 Å². The van der Waals surface area contributed by atoms with Gasteiger partial charge in [-0.2, -0.15) is 0 Å². The average molecular weight is 256 g/mol. The number of rotatable bonds is 3. The van der Waals surface area contributed by atoms with Crippen LogP contribution >= 0.6 is 0 Å². The maximum Gasteiger partial charge on any atom is 0.126 e. The van der Waals surface area contributed by atoms with Crippen molar-refractivity contribution in [1.82, 2.24) is 0 Å². The molecule has 1 aliphatic carbocycles. The van der Waals surface area contributed by atoms with Crippen molar-refractivity contribution in [1.29, 1.82) is 0 Å². The SMILES string of the molecule is Cc1cc(C(O)c2ccccc2C2CC2)ccc1F. The van der Waals surface area contributed by atoms with Crippen molar-refractivity contribution in [2.45, 2.75) is 31.8 Å². The third-order valence-electron chi connectivity index (χ3n) is 3.81. The van der Waals surface area contributed by atoms with Gasteiger partial charge in [-0.15, -0.1) is 0 Å². The zero-order valence-electron chi connectivity index (χ0n) is 10.9. The van der Waals surface area contributed by atoms with E-state index < -0.39 is 6.10 Å². The maximum atomic E-state index is 13.3. The molecule has 0 saturated heterocycles. The highest BCUT2D eigenvalue weighted by Crippen LogP contribution is 2.43. The smallest absolute Gasteiger partial charge is 0.126 e. The number of aryl methyl sites for hydroxylation is 1. The predicted octanol–water partition coefficient (Wildman–Crippen LogP) is 4.09. The van der Waals surface area contributed by atoms with E-state index in [-0.39, 0.29) is 5.82 Å². The number of aliphatic hydroxyl groups excluding tert-OH is 1. The van der Waals surface area contributed by atoms with Crippen LogP contribution in [-0.2, 0) is 0 Å². The topological polar surface area (TPSA) is 20.2 Å². The summed E-state index contributed by atoms with van der Waals surface area (Å²) in [5.41, 5.74) is 3.51. The summed E-state index contributed by atoms with van der Waals surface area (Å²) in [6, 6.07) is 12.8.